The first-order chi connectivity index (χ1) is 10.6. The minimum Gasteiger partial charge on any atom is -0.385 e. The summed E-state index contributed by atoms with van der Waals surface area (Å²) >= 11 is 0. The number of rotatable bonds is 7. The molecule has 0 aliphatic carbocycles. The Balaban J connectivity index is 2.04. The zero-order chi connectivity index (χ0) is 16.0. The molecule has 0 amide bonds. The summed E-state index contributed by atoms with van der Waals surface area (Å²) in [5, 5.41) is 0. The van der Waals surface area contributed by atoms with E-state index in [2.05, 4.69) is 4.98 Å². The van der Waals surface area contributed by atoms with Crippen LogP contribution in [0.5, 0.6) is 0 Å². The second-order valence-corrected chi connectivity index (χ2v) is 7.52. The molecule has 0 atom stereocenters. The van der Waals surface area contributed by atoms with E-state index in [4.69, 9.17) is 4.74 Å². The van der Waals surface area contributed by atoms with Crippen LogP contribution in [0.4, 0.5) is 5.82 Å². The van der Waals surface area contributed by atoms with Crippen LogP contribution >= 0.6 is 0 Å². The van der Waals surface area contributed by atoms with Gasteiger partial charge in [0.15, 0.2) is 0 Å². The highest BCUT2D eigenvalue weighted by molar-refractivity contribution is 7.89. The molecule has 0 spiro atoms. The fourth-order valence-corrected chi connectivity index (χ4v) is 4.03. The number of hydrogen-bond acceptors (Lipinski definition) is 5. The van der Waals surface area contributed by atoms with E-state index in [1.807, 2.05) is 11.9 Å². The van der Waals surface area contributed by atoms with Gasteiger partial charge in [-0.25, -0.2) is 13.4 Å². The van der Waals surface area contributed by atoms with Crippen LogP contribution in [0, 0.1) is 0 Å². The molecule has 0 bridgehead atoms. The normalized spacial score (nSPS) is 16.6. The maximum atomic E-state index is 12.5. The van der Waals surface area contributed by atoms with Gasteiger partial charge in [-0.05, 0) is 31.4 Å². The summed E-state index contributed by atoms with van der Waals surface area (Å²) in [6.45, 7) is 2.74. The molecule has 2 heterocycles. The molecule has 0 N–H and O–H groups in total. The lowest BCUT2D eigenvalue weighted by Gasteiger charge is -2.26. The summed E-state index contributed by atoms with van der Waals surface area (Å²) in [7, 11) is 0.227. The van der Waals surface area contributed by atoms with Crippen LogP contribution in [0.3, 0.4) is 0 Å². The first-order valence-electron chi connectivity index (χ1n) is 7.72. The number of methoxy groups -OCH3 is 1. The Hall–Kier alpha value is -1.18. The second-order valence-electron chi connectivity index (χ2n) is 5.58. The highest BCUT2D eigenvalue weighted by Crippen LogP contribution is 2.21. The van der Waals surface area contributed by atoms with Crippen molar-refractivity contribution in [3.8, 4) is 0 Å². The molecule has 7 heteroatoms. The van der Waals surface area contributed by atoms with Crippen molar-refractivity contribution in [3.63, 3.8) is 0 Å². The summed E-state index contributed by atoms with van der Waals surface area (Å²) in [6.07, 6.45) is 5.35. The van der Waals surface area contributed by atoms with E-state index in [0.29, 0.717) is 19.7 Å². The van der Waals surface area contributed by atoms with Crippen LogP contribution in [0.2, 0.25) is 0 Å². The number of sulfonamides is 1. The Bertz CT molecular complexity index is 554. The first kappa shape index (κ1) is 17.2. The first-order valence-corrected chi connectivity index (χ1v) is 9.16. The van der Waals surface area contributed by atoms with Crippen LogP contribution in [0.25, 0.3) is 0 Å². The Morgan fingerprint density at radius 1 is 1.27 bits per heavy atom. The van der Waals surface area contributed by atoms with Crippen molar-refractivity contribution in [2.24, 2.45) is 0 Å². The van der Waals surface area contributed by atoms with Gasteiger partial charge in [0, 0.05) is 46.6 Å². The van der Waals surface area contributed by atoms with Gasteiger partial charge < -0.3 is 9.64 Å². The third-order valence-corrected chi connectivity index (χ3v) is 5.79. The number of nitrogens with zero attached hydrogens (tertiary/aromatic N) is 3. The van der Waals surface area contributed by atoms with E-state index >= 15 is 0 Å². The molecule has 22 heavy (non-hydrogen) atoms. The van der Waals surface area contributed by atoms with Crippen LogP contribution < -0.4 is 4.90 Å². The van der Waals surface area contributed by atoms with Gasteiger partial charge in [0.2, 0.25) is 10.0 Å². The summed E-state index contributed by atoms with van der Waals surface area (Å²) in [5.41, 5.74) is 0. The lowest BCUT2D eigenvalue weighted by Crippen LogP contribution is -2.35. The van der Waals surface area contributed by atoms with Gasteiger partial charge in [0.1, 0.15) is 10.7 Å². The molecule has 1 saturated heterocycles. The van der Waals surface area contributed by atoms with Gasteiger partial charge in [0.25, 0.3) is 0 Å². The molecule has 0 unspecified atom stereocenters. The molecule has 0 aromatic carbocycles. The van der Waals surface area contributed by atoms with E-state index in [0.717, 1.165) is 38.0 Å². The van der Waals surface area contributed by atoms with Crippen molar-refractivity contribution in [1.29, 1.82) is 0 Å². The predicted molar refractivity (Wildman–Crippen MR) is 86.6 cm³/mol. The van der Waals surface area contributed by atoms with Crippen LogP contribution in [-0.4, -0.2) is 58.1 Å². The molecule has 1 aromatic rings. The SMILES string of the molecule is COCCCN(C)c1ccc(S(=O)(=O)N2CCCCC2)cn1. The predicted octanol–water partition coefficient (Wildman–Crippen LogP) is 1.73. The maximum absolute atomic E-state index is 12.5. The Morgan fingerprint density at radius 2 is 2.00 bits per heavy atom. The summed E-state index contributed by atoms with van der Waals surface area (Å²) in [6, 6.07) is 3.42. The molecule has 124 valence electrons. The number of hydrogen-bond donors (Lipinski definition) is 0. The number of piperidine rings is 1. The van der Waals surface area contributed by atoms with Crippen LogP contribution in [0.1, 0.15) is 25.7 Å². The van der Waals surface area contributed by atoms with Gasteiger partial charge in [-0.1, -0.05) is 6.42 Å². The van der Waals surface area contributed by atoms with Gasteiger partial charge in [-0.2, -0.15) is 4.31 Å². The fourth-order valence-electron chi connectivity index (χ4n) is 2.57. The number of aromatic nitrogens is 1. The lowest BCUT2D eigenvalue weighted by atomic mass is 10.2. The Morgan fingerprint density at radius 3 is 2.59 bits per heavy atom. The fraction of sp³-hybridized carbons (Fsp3) is 0.667. The Kier molecular flexibility index (Phi) is 6.16. The van der Waals surface area contributed by atoms with Gasteiger partial charge in [0.05, 0.1) is 0 Å². The summed E-state index contributed by atoms with van der Waals surface area (Å²) in [4.78, 5) is 6.58. The zero-order valence-corrected chi connectivity index (χ0v) is 14.2. The summed E-state index contributed by atoms with van der Waals surface area (Å²) in [5.74, 6) is 0.772. The highest BCUT2D eigenvalue weighted by Gasteiger charge is 2.26. The van der Waals surface area contributed by atoms with Gasteiger partial charge >= 0.3 is 0 Å². The molecule has 1 aromatic heterocycles. The third kappa shape index (κ3) is 4.18. The van der Waals surface area contributed by atoms with Crippen molar-refractivity contribution in [3.05, 3.63) is 18.3 Å². The van der Waals surface area contributed by atoms with E-state index in [-0.39, 0.29) is 4.90 Å². The van der Waals surface area contributed by atoms with E-state index in [1.165, 1.54) is 6.20 Å². The lowest BCUT2D eigenvalue weighted by molar-refractivity contribution is 0.196. The maximum Gasteiger partial charge on any atom is 0.244 e. The zero-order valence-electron chi connectivity index (χ0n) is 13.4. The van der Waals surface area contributed by atoms with Crippen molar-refractivity contribution in [1.82, 2.24) is 9.29 Å². The molecule has 6 nitrogen and oxygen atoms in total. The van der Waals surface area contributed by atoms with Crippen LogP contribution in [-0.2, 0) is 14.8 Å². The van der Waals surface area contributed by atoms with E-state index in [1.54, 1.807) is 23.5 Å². The molecule has 2 rings (SSSR count). The quantitative estimate of drug-likeness (QED) is 0.714. The number of ether oxygens (including phenoxy) is 1. The molecular weight excluding hydrogens is 302 g/mol. The van der Waals surface area contributed by atoms with Crippen molar-refractivity contribution in [2.45, 2.75) is 30.6 Å². The number of anilines is 1. The van der Waals surface area contributed by atoms with E-state index in [9.17, 15) is 8.42 Å². The van der Waals surface area contributed by atoms with Gasteiger partial charge in [-0.15, -0.1) is 0 Å². The minimum atomic E-state index is -3.39. The number of pyridine rings is 1. The van der Waals surface area contributed by atoms with Crippen molar-refractivity contribution in [2.75, 3.05) is 45.3 Å². The molecule has 1 aliphatic rings. The molecule has 0 radical (unpaired) electrons. The average molecular weight is 327 g/mol. The smallest absolute Gasteiger partial charge is 0.244 e. The average Bonchev–Trinajstić information content (AvgIpc) is 2.56. The second kappa shape index (κ2) is 7.89. The van der Waals surface area contributed by atoms with Crippen LogP contribution in [0.15, 0.2) is 23.2 Å². The largest absolute Gasteiger partial charge is 0.385 e. The van der Waals surface area contributed by atoms with Crippen molar-refractivity contribution >= 4 is 15.8 Å². The highest BCUT2D eigenvalue weighted by atomic mass is 32.2. The van der Waals surface area contributed by atoms with Crippen molar-refractivity contribution < 1.29 is 13.2 Å². The molecule has 1 fully saturated rings. The van der Waals surface area contributed by atoms with E-state index < -0.39 is 10.0 Å². The third-order valence-electron chi connectivity index (χ3n) is 3.91. The van der Waals surface area contributed by atoms with Gasteiger partial charge in [-0.3, -0.25) is 0 Å². The minimum absolute atomic E-state index is 0.281. The summed E-state index contributed by atoms with van der Waals surface area (Å²) < 4.78 is 31.7. The molecule has 1 aliphatic heterocycles. The topological polar surface area (TPSA) is 62.7 Å². The Labute approximate surface area is 133 Å². The monoisotopic (exact) mass is 327 g/mol. The molecule has 0 saturated carbocycles. The standard InChI is InChI=1S/C15H25N3O3S/c1-17(9-6-12-21-2)15-8-7-14(13-16-15)22(19,20)18-10-4-3-5-11-18/h7-8,13H,3-6,9-12H2,1-2H3. The molecular formula is C15H25N3O3S.